The second-order valence-electron chi connectivity index (χ2n) is 8.19. The van der Waals surface area contributed by atoms with Crippen LogP contribution in [0.25, 0.3) is 0 Å². The summed E-state index contributed by atoms with van der Waals surface area (Å²) < 4.78 is 71.1. The number of halogens is 3. The van der Waals surface area contributed by atoms with Crippen molar-refractivity contribution in [3.05, 3.63) is 36.2 Å². The molecule has 2 fully saturated rings. The van der Waals surface area contributed by atoms with E-state index >= 15 is 0 Å². The number of carbonyl (C=O) groups excluding carboxylic acids is 1. The van der Waals surface area contributed by atoms with Gasteiger partial charge in [-0.15, -0.1) is 18.3 Å². The smallest absolute Gasteiger partial charge is 0.404 e. The largest absolute Gasteiger partial charge is 0.573 e. The van der Waals surface area contributed by atoms with Gasteiger partial charge in [0.1, 0.15) is 10.6 Å². The zero-order valence-corrected chi connectivity index (χ0v) is 18.6. The van der Waals surface area contributed by atoms with Crippen LogP contribution in [-0.4, -0.2) is 71.1 Å². The van der Waals surface area contributed by atoms with Gasteiger partial charge in [0, 0.05) is 32.7 Å². The van der Waals surface area contributed by atoms with E-state index in [4.69, 9.17) is 0 Å². The summed E-state index contributed by atoms with van der Waals surface area (Å²) in [6, 6.07) is 4.72. The number of benzene rings is 1. The Kier molecular flexibility index (Phi) is 6.61. The Bertz CT molecular complexity index is 1100. The van der Waals surface area contributed by atoms with Gasteiger partial charge in [-0.05, 0) is 43.7 Å². The summed E-state index contributed by atoms with van der Waals surface area (Å²) in [5.41, 5.74) is 0.246. The molecule has 0 saturated carbocycles. The van der Waals surface area contributed by atoms with Crippen molar-refractivity contribution in [2.45, 2.75) is 43.5 Å². The molecule has 0 radical (unpaired) electrons. The fourth-order valence-corrected chi connectivity index (χ4v) is 5.91. The molecule has 2 saturated heterocycles. The average Bonchev–Trinajstić information content (AvgIpc) is 3.45. The number of sulfonamides is 1. The van der Waals surface area contributed by atoms with E-state index in [0.717, 1.165) is 25.0 Å². The summed E-state index contributed by atoms with van der Waals surface area (Å²) in [5, 5.41) is 7.96. The average molecular weight is 488 g/mol. The van der Waals surface area contributed by atoms with Crippen LogP contribution in [0, 0.1) is 5.92 Å². The molecule has 9 nitrogen and oxygen atoms in total. The summed E-state index contributed by atoms with van der Waals surface area (Å²) in [6.07, 6.45) is -0.275. The van der Waals surface area contributed by atoms with Gasteiger partial charge in [0.25, 0.3) is 5.91 Å². The quantitative estimate of drug-likeness (QED) is 0.621. The van der Waals surface area contributed by atoms with Crippen molar-refractivity contribution in [2.24, 2.45) is 5.92 Å². The molecule has 0 bridgehead atoms. The lowest BCUT2D eigenvalue weighted by Gasteiger charge is -2.32. The predicted molar refractivity (Wildman–Crippen MR) is 110 cm³/mol. The maximum absolute atomic E-state index is 13.1. The van der Waals surface area contributed by atoms with Gasteiger partial charge in [-0.2, -0.15) is 4.31 Å². The zero-order chi connectivity index (χ0) is 23.6. The highest BCUT2D eigenvalue weighted by molar-refractivity contribution is 7.89. The third kappa shape index (κ3) is 5.46. The number of ether oxygens (including phenoxy) is 1. The number of amides is 1. The summed E-state index contributed by atoms with van der Waals surface area (Å²) in [7, 11) is -4.21. The maximum atomic E-state index is 13.1. The number of alkyl halides is 3. The highest BCUT2D eigenvalue weighted by Crippen LogP contribution is 2.33. The molecule has 180 valence electrons. The Morgan fingerprint density at radius 2 is 1.85 bits per heavy atom. The Morgan fingerprint density at radius 1 is 1.12 bits per heavy atom. The lowest BCUT2D eigenvalue weighted by molar-refractivity contribution is -0.275. The number of nitrogens with zero attached hydrogens (tertiary/aromatic N) is 5. The predicted octanol–water partition coefficient (Wildman–Crippen LogP) is 2.51. The van der Waals surface area contributed by atoms with Crippen molar-refractivity contribution in [1.82, 2.24) is 24.2 Å². The number of para-hydroxylation sites is 1. The van der Waals surface area contributed by atoms with E-state index < -0.39 is 27.0 Å². The molecule has 1 amide bonds. The van der Waals surface area contributed by atoms with Crippen LogP contribution < -0.4 is 4.74 Å². The third-order valence-corrected chi connectivity index (χ3v) is 7.68. The molecule has 1 unspecified atom stereocenters. The van der Waals surface area contributed by atoms with Crippen LogP contribution in [0.2, 0.25) is 0 Å². The second kappa shape index (κ2) is 9.29. The third-order valence-electron chi connectivity index (χ3n) is 5.77. The van der Waals surface area contributed by atoms with Crippen molar-refractivity contribution in [3.8, 4) is 5.75 Å². The minimum absolute atomic E-state index is 0.109. The van der Waals surface area contributed by atoms with Gasteiger partial charge in [0.2, 0.25) is 10.0 Å². The molecule has 0 spiro atoms. The Morgan fingerprint density at radius 3 is 2.58 bits per heavy atom. The van der Waals surface area contributed by atoms with E-state index in [9.17, 15) is 26.4 Å². The summed E-state index contributed by atoms with van der Waals surface area (Å²) >= 11 is 0. The first-order valence-electron chi connectivity index (χ1n) is 10.7. The highest BCUT2D eigenvalue weighted by atomic mass is 32.2. The molecule has 3 heterocycles. The van der Waals surface area contributed by atoms with E-state index in [-0.39, 0.29) is 30.6 Å². The number of piperidine rings is 1. The lowest BCUT2D eigenvalue weighted by Crippen LogP contribution is -2.41. The number of carbonyl (C=O) groups is 1. The van der Waals surface area contributed by atoms with Crippen molar-refractivity contribution in [2.75, 3.05) is 26.2 Å². The van der Waals surface area contributed by atoms with E-state index in [1.165, 1.54) is 21.1 Å². The Labute approximate surface area is 189 Å². The molecule has 1 aromatic heterocycles. The van der Waals surface area contributed by atoms with Crippen LogP contribution in [-0.2, 0) is 16.6 Å². The molecule has 33 heavy (non-hydrogen) atoms. The first-order valence-corrected chi connectivity index (χ1v) is 12.1. The van der Waals surface area contributed by atoms with Gasteiger partial charge < -0.3 is 9.64 Å². The van der Waals surface area contributed by atoms with Crippen LogP contribution in [0.5, 0.6) is 5.75 Å². The Hall–Kier alpha value is -2.67. The summed E-state index contributed by atoms with van der Waals surface area (Å²) in [6.45, 7) is 2.03. The molecule has 1 atom stereocenters. The molecule has 13 heteroatoms. The SMILES string of the molecule is O=C(c1cn(CC2CCCN(S(=O)(=O)c3ccccc3OC(F)(F)F)C2)nn1)N1CCCC1. The summed E-state index contributed by atoms with van der Waals surface area (Å²) in [4.78, 5) is 13.7. The van der Waals surface area contributed by atoms with Crippen LogP contribution in [0.4, 0.5) is 13.2 Å². The number of hydrogen-bond acceptors (Lipinski definition) is 6. The van der Waals surface area contributed by atoms with Crippen molar-refractivity contribution in [1.29, 1.82) is 0 Å². The van der Waals surface area contributed by atoms with Crippen molar-refractivity contribution in [3.63, 3.8) is 0 Å². The molecule has 2 aliphatic rings. The number of hydrogen-bond donors (Lipinski definition) is 0. The van der Waals surface area contributed by atoms with E-state index in [1.54, 1.807) is 11.1 Å². The Balaban J connectivity index is 1.45. The minimum Gasteiger partial charge on any atom is -0.404 e. The molecule has 1 aromatic carbocycles. The highest BCUT2D eigenvalue weighted by Gasteiger charge is 2.37. The fraction of sp³-hybridized carbons (Fsp3) is 0.550. The number of aromatic nitrogens is 3. The molecule has 4 rings (SSSR count). The maximum Gasteiger partial charge on any atom is 0.573 e. The standard InChI is InChI=1S/C20H24F3N5O4S/c21-20(22,23)32-17-7-1-2-8-18(17)33(30,31)28-11-5-6-15(13-28)12-27-14-16(24-25-27)19(29)26-9-3-4-10-26/h1-2,7-8,14-15H,3-6,9-13H2. The molecular weight excluding hydrogens is 463 g/mol. The normalized spacial score (nSPS) is 20.2. The van der Waals surface area contributed by atoms with Gasteiger partial charge in [-0.1, -0.05) is 17.3 Å². The molecule has 2 aromatic rings. The van der Waals surface area contributed by atoms with Gasteiger partial charge in [0.15, 0.2) is 5.69 Å². The van der Waals surface area contributed by atoms with Crippen molar-refractivity contribution < 1.29 is 31.1 Å². The van der Waals surface area contributed by atoms with Crippen LogP contribution in [0.3, 0.4) is 0 Å². The lowest BCUT2D eigenvalue weighted by atomic mass is 10.00. The molecule has 0 aliphatic carbocycles. The monoisotopic (exact) mass is 487 g/mol. The van der Waals surface area contributed by atoms with Gasteiger partial charge in [-0.3, -0.25) is 9.48 Å². The first-order chi connectivity index (χ1) is 15.6. The van der Waals surface area contributed by atoms with Crippen LogP contribution in [0.1, 0.15) is 36.2 Å². The number of likely N-dealkylation sites (tertiary alicyclic amines) is 1. The molecular formula is C20H24F3N5O4S. The van der Waals surface area contributed by atoms with Gasteiger partial charge >= 0.3 is 6.36 Å². The van der Waals surface area contributed by atoms with Crippen LogP contribution in [0.15, 0.2) is 35.4 Å². The van der Waals surface area contributed by atoms with Crippen LogP contribution >= 0.6 is 0 Å². The zero-order valence-electron chi connectivity index (χ0n) is 17.7. The molecule has 2 aliphatic heterocycles. The van der Waals surface area contributed by atoms with E-state index in [2.05, 4.69) is 15.0 Å². The summed E-state index contributed by atoms with van der Waals surface area (Å²) in [5.74, 6) is -1.07. The topological polar surface area (TPSA) is 97.6 Å². The molecule has 0 N–H and O–H groups in total. The first kappa shape index (κ1) is 23.5. The van der Waals surface area contributed by atoms with Crippen molar-refractivity contribution >= 4 is 15.9 Å². The van der Waals surface area contributed by atoms with Gasteiger partial charge in [0.05, 0.1) is 6.20 Å². The van der Waals surface area contributed by atoms with E-state index in [0.29, 0.717) is 32.5 Å². The fourth-order valence-electron chi connectivity index (χ4n) is 4.24. The second-order valence-corrected chi connectivity index (χ2v) is 10.1. The van der Waals surface area contributed by atoms with Gasteiger partial charge in [-0.25, -0.2) is 8.42 Å². The number of rotatable bonds is 6. The minimum atomic E-state index is -5.01. The van der Waals surface area contributed by atoms with E-state index in [1.807, 2.05) is 0 Å².